The normalized spacial score (nSPS) is 11.1. The van der Waals surface area contributed by atoms with Gasteiger partial charge in [-0.2, -0.15) is 0 Å². The minimum absolute atomic E-state index is 0.801. The summed E-state index contributed by atoms with van der Waals surface area (Å²) < 4.78 is 5.38. The van der Waals surface area contributed by atoms with Gasteiger partial charge in [0.05, 0.1) is 17.5 Å². The molecule has 0 spiro atoms. The van der Waals surface area contributed by atoms with Crippen LogP contribution in [0.5, 0.6) is 0 Å². The lowest BCUT2D eigenvalue weighted by Gasteiger charge is -2.09. The predicted octanol–water partition coefficient (Wildman–Crippen LogP) is 3.84. The molecule has 3 nitrogen and oxygen atoms in total. The molecule has 20 heavy (non-hydrogen) atoms. The van der Waals surface area contributed by atoms with Gasteiger partial charge in [-0.25, -0.2) is 4.98 Å². The van der Waals surface area contributed by atoms with E-state index in [0.29, 0.717) is 0 Å². The van der Waals surface area contributed by atoms with E-state index in [-0.39, 0.29) is 0 Å². The summed E-state index contributed by atoms with van der Waals surface area (Å²) in [5.41, 5.74) is 2.26. The molecule has 3 rings (SSSR count). The van der Waals surface area contributed by atoms with Crippen LogP contribution in [0.1, 0.15) is 11.3 Å². The van der Waals surface area contributed by atoms with Crippen molar-refractivity contribution in [3.63, 3.8) is 0 Å². The molecule has 0 radical (unpaired) electrons. The summed E-state index contributed by atoms with van der Waals surface area (Å²) >= 11 is 1.71. The van der Waals surface area contributed by atoms with E-state index in [4.69, 9.17) is 9.40 Å². The zero-order chi connectivity index (χ0) is 13.8. The Hall–Kier alpha value is -1.78. The SMILES string of the molecule is CNCc1cc2ccccc2nc1SCc1ccco1. The second kappa shape index (κ2) is 6.11. The number of para-hydroxylation sites is 1. The van der Waals surface area contributed by atoms with Gasteiger partial charge in [0.2, 0.25) is 0 Å². The number of aromatic nitrogens is 1. The van der Waals surface area contributed by atoms with Crippen molar-refractivity contribution in [1.29, 1.82) is 0 Å². The Labute approximate surface area is 122 Å². The number of thioether (sulfide) groups is 1. The Morgan fingerprint density at radius 1 is 1.20 bits per heavy atom. The third kappa shape index (κ3) is 2.86. The Kier molecular flexibility index (Phi) is 4.04. The standard InChI is InChI=1S/C16H16N2OS/c1-17-10-13-9-12-5-2-3-7-15(12)18-16(13)20-11-14-6-4-8-19-14/h2-9,17H,10-11H2,1H3. The van der Waals surface area contributed by atoms with Gasteiger partial charge in [0, 0.05) is 11.9 Å². The number of pyridine rings is 1. The van der Waals surface area contributed by atoms with Crippen LogP contribution in [-0.2, 0) is 12.3 Å². The van der Waals surface area contributed by atoms with Crippen LogP contribution in [0.4, 0.5) is 0 Å². The summed E-state index contributed by atoms with van der Waals surface area (Å²) in [7, 11) is 1.95. The van der Waals surface area contributed by atoms with E-state index in [0.717, 1.165) is 28.6 Å². The van der Waals surface area contributed by atoms with Crippen LogP contribution in [0.2, 0.25) is 0 Å². The molecule has 3 aromatic rings. The van der Waals surface area contributed by atoms with Gasteiger partial charge in [-0.3, -0.25) is 0 Å². The van der Waals surface area contributed by atoms with Crippen molar-refractivity contribution in [2.45, 2.75) is 17.3 Å². The molecule has 0 amide bonds. The first-order valence-corrected chi connectivity index (χ1v) is 7.54. The van der Waals surface area contributed by atoms with E-state index in [1.54, 1.807) is 18.0 Å². The van der Waals surface area contributed by atoms with Gasteiger partial charge < -0.3 is 9.73 Å². The highest BCUT2D eigenvalue weighted by molar-refractivity contribution is 7.98. The molecule has 4 heteroatoms. The summed E-state index contributed by atoms with van der Waals surface area (Å²) in [6.07, 6.45) is 1.71. The second-order valence-electron chi connectivity index (χ2n) is 4.54. The molecule has 0 aliphatic heterocycles. The van der Waals surface area contributed by atoms with Crippen molar-refractivity contribution >= 4 is 22.7 Å². The van der Waals surface area contributed by atoms with Crippen molar-refractivity contribution in [2.24, 2.45) is 0 Å². The van der Waals surface area contributed by atoms with Crippen LogP contribution in [0.25, 0.3) is 10.9 Å². The molecule has 0 aliphatic rings. The Balaban J connectivity index is 1.92. The highest BCUT2D eigenvalue weighted by atomic mass is 32.2. The van der Waals surface area contributed by atoms with Crippen molar-refractivity contribution in [1.82, 2.24) is 10.3 Å². The average Bonchev–Trinajstić information content (AvgIpc) is 2.98. The molecule has 0 saturated heterocycles. The van der Waals surface area contributed by atoms with E-state index in [1.807, 2.05) is 31.3 Å². The maximum Gasteiger partial charge on any atom is 0.114 e. The molecule has 2 heterocycles. The number of hydrogen-bond acceptors (Lipinski definition) is 4. The van der Waals surface area contributed by atoms with Crippen LogP contribution in [-0.4, -0.2) is 12.0 Å². The van der Waals surface area contributed by atoms with E-state index in [1.165, 1.54) is 10.9 Å². The first-order chi connectivity index (χ1) is 9.86. The fraction of sp³-hybridized carbons (Fsp3) is 0.188. The quantitative estimate of drug-likeness (QED) is 0.722. The molecular formula is C16H16N2OS. The zero-order valence-electron chi connectivity index (χ0n) is 11.3. The third-order valence-electron chi connectivity index (χ3n) is 3.06. The summed E-state index contributed by atoms with van der Waals surface area (Å²) in [6.45, 7) is 0.818. The van der Waals surface area contributed by atoms with Crippen molar-refractivity contribution in [2.75, 3.05) is 7.05 Å². The number of furan rings is 1. The summed E-state index contributed by atoms with van der Waals surface area (Å²) in [6, 6.07) is 14.3. The van der Waals surface area contributed by atoms with Crippen molar-refractivity contribution in [3.8, 4) is 0 Å². The summed E-state index contributed by atoms with van der Waals surface area (Å²) in [4.78, 5) is 4.77. The van der Waals surface area contributed by atoms with Gasteiger partial charge in [0.15, 0.2) is 0 Å². The smallest absolute Gasteiger partial charge is 0.114 e. The lowest BCUT2D eigenvalue weighted by atomic mass is 10.1. The van der Waals surface area contributed by atoms with Crippen LogP contribution in [0.3, 0.4) is 0 Å². The van der Waals surface area contributed by atoms with E-state index >= 15 is 0 Å². The van der Waals surface area contributed by atoms with E-state index < -0.39 is 0 Å². The lowest BCUT2D eigenvalue weighted by molar-refractivity contribution is 0.530. The second-order valence-corrected chi connectivity index (χ2v) is 5.51. The average molecular weight is 284 g/mol. The first-order valence-electron chi connectivity index (χ1n) is 6.55. The summed E-state index contributed by atoms with van der Waals surface area (Å²) in [5, 5.41) is 5.45. The van der Waals surface area contributed by atoms with E-state index in [2.05, 4.69) is 23.5 Å². The minimum atomic E-state index is 0.801. The Morgan fingerprint density at radius 3 is 2.90 bits per heavy atom. The minimum Gasteiger partial charge on any atom is -0.468 e. The highest BCUT2D eigenvalue weighted by Crippen LogP contribution is 2.27. The molecule has 0 unspecified atom stereocenters. The third-order valence-corrected chi connectivity index (χ3v) is 4.12. The van der Waals surface area contributed by atoms with E-state index in [9.17, 15) is 0 Å². The number of fused-ring (bicyclic) bond motifs is 1. The molecule has 0 atom stereocenters. The van der Waals surface area contributed by atoms with Gasteiger partial charge >= 0.3 is 0 Å². The summed E-state index contributed by atoms with van der Waals surface area (Å²) in [5.74, 6) is 1.77. The molecule has 0 saturated carbocycles. The van der Waals surface area contributed by atoms with Crippen molar-refractivity contribution < 1.29 is 4.42 Å². The van der Waals surface area contributed by atoms with Crippen LogP contribution >= 0.6 is 11.8 Å². The number of rotatable bonds is 5. The topological polar surface area (TPSA) is 38.1 Å². The number of nitrogens with one attached hydrogen (secondary N) is 1. The molecule has 0 fully saturated rings. The number of nitrogens with zero attached hydrogens (tertiary/aromatic N) is 1. The van der Waals surface area contributed by atoms with Gasteiger partial charge in [-0.1, -0.05) is 30.0 Å². The maximum absolute atomic E-state index is 5.38. The van der Waals surface area contributed by atoms with Gasteiger partial charge in [-0.05, 0) is 36.9 Å². The first kappa shape index (κ1) is 13.2. The van der Waals surface area contributed by atoms with Gasteiger partial charge in [0.1, 0.15) is 10.8 Å². The molecule has 102 valence electrons. The van der Waals surface area contributed by atoms with Crippen LogP contribution in [0.15, 0.2) is 58.2 Å². The maximum atomic E-state index is 5.38. The molecule has 1 aromatic carbocycles. The molecule has 2 aromatic heterocycles. The number of benzene rings is 1. The fourth-order valence-corrected chi connectivity index (χ4v) is 3.04. The monoisotopic (exact) mass is 284 g/mol. The predicted molar refractivity (Wildman–Crippen MR) is 82.8 cm³/mol. The molecule has 0 bridgehead atoms. The Bertz CT molecular complexity index is 695. The van der Waals surface area contributed by atoms with Crippen LogP contribution in [0, 0.1) is 0 Å². The highest BCUT2D eigenvalue weighted by Gasteiger charge is 2.08. The van der Waals surface area contributed by atoms with Crippen LogP contribution < -0.4 is 5.32 Å². The Morgan fingerprint density at radius 2 is 2.10 bits per heavy atom. The fourth-order valence-electron chi connectivity index (χ4n) is 2.12. The number of hydrogen-bond donors (Lipinski definition) is 1. The van der Waals surface area contributed by atoms with Gasteiger partial charge in [-0.15, -0.1) is 0 Å². The van der Waals surface area contributed by atoms with Gasteiger partial charge in [0.25, 0.3) is 0 Å². The zero-order valence-corrected chi connectivity index (χ0v) is 12.1. The van der Waals surface area contributed by atoms with Crippen molar-refractivity contribution in [3.05, 3.63) is 60.1 Å². The molecule has 1 N–H and O–H groups in total. The largest absolute Gasteiger partial charge is 0.468 e. The lowest BCUT2D eigenvalue weighted by Crippen LogP contribution is -2.07. The molecule has 0 aliphatic carbocycles. The molecular weight excluding hydrogens is 268 g/mol.